The highest BCUT2D eigenvalue weighted by Gasteiger charge is 2.10. The summed E-state index contributed by atoms with van der Waals surface area (Å²) in [6.07, 6.45) is 1.04. The third-order valence-corrected chi connectivity index (χ3v) is 3.71. The van der Waals surface area contributed by atoms with Crippen LogP contribution in [0.2, 0.25) is 0 Å². The molecule has 0 aliphatic carbocycles. The smallest absolute Gasteiger partial charge is 0.181 e. The fraction of sp³-hybridized carbons (Fsp3) is 0.125. The van der Waals surface area contributed by atoms with Crippen LogP contribution in [0.3, 0.4) is 0 Å². The van der Waals surface area contributed by atoms with Gasteiger partial charge in [-0.3, -0.25) is 0 Å². The molecule has 4 nitrogen and oxygen atoms in total. The summed E-state index contributed by atoms with van der Waals surface area (Å²) in [5, 5.41) is 14.6. The average molecular weight is 344 g/mol. The summed E-state index contributed by atoms with van der Waals surface area (Å²) in [5.41, 5.74) is 1.82. The first kappa shape index (κ1) is 14.0. The van der Waals surface area contributed by atoms with Crippen molar-refractivity contribution < 1.29 is 5.11 Å². The van der Waals surface area contributed by atoms with E-state index in [0.717, 1.165) is 15.6 Å². The first-order valence-electron chi connectivity index (χ1n) is 6.61. The third-order valence-electron chi connectivity index (χ3n) is 3.18. The number of benzene rings is 2. The molecule has 0 spiro atoms. The van der Waals surface area contributed by atoms with Gasteiger partial charge in [0.25, 0.3) is 0 Å². The summed E-state index contributed by atoms with van der Waals surface area (Å²) >= 11 is 3.38. The minimum atomic E-state index is -0.608. The summed E-state index contributed by atoms with van der Waals surface area (Å²) in [6.45, 7) is 0.376. The number of aromatic nitrogens is 3. The molecule has 1 N–H and O–H groups in total. The maximum absolute atomic E-state index is 10.2. The fourth-order valence-electron chi connectivity index (χ4n) is 2.07. The highest BCUT2D eigenvalue weighted by atomic mass is 79.9. The molecular formula is C16H14BrN3O. The zero-order valence-corrected chi connectivity index (χ0v) is 12.8. The summed E-state index contributed by atoms with van der Waals surface area (Å²) in [7, 11) is 0. The fourth-order valence-corrected chi connectivity index (χ4v) is 2.33. The minimum absolute atomic E-state index is 0.376. The second-order valence-corrected chi connectivity index (χ2v) is 5.64. The average Bonchev–Trinajstić information content (AvgIpc) is 2.97. The summed E-state index contributed by atoms with van der Waals surface area (Å²) in [5.74, 6) is 0.665. The van der Waals surface area contributed by atoms with Crippen molar-refractivity contribution in [2.45, 2.75) is 12.6 Å². The van der Waals surface area contributed by atoms with Gasteiger partial charge in [-0.2, -0.15) is 5.10 Å². The Hall–Kier alpha value is -1.98. The Kier molecular flexibility index (Phi) is 4.13. The number of aliphatic hydroxyl groups excluding tert-OH is 1. The number of hydrogen-bond donors (Lipinski definition) is 1. The lowest BCUT2D eigenvalue weighted by Crippen LogP contribution is -2.09. The topological polar surface area (TPSA) is 50.9 Å². The van der Waals surface area contributed by atoms with Gasteiger partial charge >= 0.3 is 0 Å². The van der Waals surface area contributed by atoms with Crippen LogP contribution < -0.4 is 0 Å². The van der Waals surface area contributed by atoms with Crippen LogP contribution in [0.4, 0.5) is 0 Å². The molecule has 0 radical (unpaired) electrons. The molecule has 1 heterocycles. The highest BCUT2D eigenvalue weighted by Crippen LogP contribution is 2.19. The summed E-state index contributed by atoms with van der Waals surface area (Å²) in [6, 6.07) is 17.4. The van der Waals surface area contributed by atoms with Crippen LogP contribution in [0.25, 0.3) is 11.4 Å². The lowest BCUT2D eigenvalue weighted by molar-refractivity contribution is 0.151. The number of aliphatic hydroxyl groups is 1. The molecule has 1 aromatic heterocycles. The second-order valence-electron chi connectivity index (χ2n) is 4.72. The quantitative estimate of drug-likeness (QED) is 0.789. The Morgan fingerprint density at radius 3 is 2.48 bits per heavy atom. The Balaban J connectivity index is 1.74. The summed E-state index contributed by atoms with van der Waals surface area (Å²) < 4.78 is 2.65. The van der Waals surface area contributed by atoms with Crippen LogP contribution in [-0.4, -0.2) is 19.9 Å². The van der Waals surface area contributed by atoms with Gasteiger partial charge in [0.2, 0.25) is 0 Å². The molecule has 0 fully saturated rings. The maximum Gasteiger partial charge on any atom is 0.181 e. The molecular weight excluding hydrogens is 330 g/mol. The molecule has 2 aromatic carbocycles. The first-order chi connectivity index (χ1) is 10.2. The lowest BCUT2D eigenvalue weighted by atomic mass is 10.1. The zero-order chi connectivity index (χ0) is 14.7. The monoisotopic (exact) mass is 343 g/mol. The van der Waals surface area contributed by atoms with Gasteiger partial charge in [0.15, 0.2) is 5.82 Å². The van der Waals surface area contributed by atoms with Gasteiger partial charge in [0.05, 0.1) is 12.6 Å². The van der Waals surface area contributed by atoms with Crippen LogP contribution >= 0.6 is 15.9 Å². The second kappa shape index (κ2) is 6.20. The number of nitrogens with zero attached hydrogens (tertiary/aromatic N) is 3. The van der Waals surface area contributed by atoms with E-state index < -0.39 is 6.10 Å². The van der Waals surface area contributed by atoms with Crippen molar-refractivity contribution in [3.8, 4) is 11.4 Å². The van der Waals surface area contributed by atoms with Gasteiger partial charge in [-0.05, 0) is 17.7 Å². The van der Waals surface area contributed by atoms with Crippen molar-refractivity contribution in [3.05, 3.63) is 71.0 Å². The molecule has 0 bridgehead atoms. The molecule has 3 aromatic rings. The third kappa shape index (κ3) is 3.37. The van der Waals surface area contributed by atoms with Crippen LogP contribution in [0, 0.1) is 0 Å². The Bertz CT molecular complexity index is 710. The minimum Gasteiger partial charge on any atom is -0.386 e. The van der Waals surface area contributed by atoms with E-state index in [4.69, 9.17) is 0 Å². The van der Waals surface area contributed by atoms with Crippen molar-refractivity contribution in [2.75, 3.05) is 0 Å². The molecule has 3 rings (SSSR count). The van der Waals surface area contributed by atoms with Crippen LogP contribution in [0.15, 0.2) is 65.4 Å². The van der Waals surface area contributed by atoms with E-state index in [2.05, 4.69) is 26.0 Å². The van der Waals surface area contributed by atoms with Crippen LogP contribution in [0.5, 0.6) is 0 Å². The van der Waals surface area contributed by atoms with Gasteiger partial charge in [0.1, 0.15) is 6.33 Å². The predicted molar refractivity (Wildman–Crippen MR) is 84.6 cm³/mol. The van der Waals surface area contributed by atoms with Gasteiger partial charge < -0.3 is 5.11 Å². The van der Waals surface area contributed by atoms with Crippen molar-refractivity contribution in [2.24, 2.45) is 0 Å². The van der Waals surface area contributed by atoms with Gasteiger partial charge in [-0.15, -0.1) is 0 Å². The zero-order valence-electron chi connectivity index (χ0n) is 11.2. The van der Waals surface area contributed by atoms with Gasteiger partial charge in [0, 0.05) is 10.0 Å². The molecule has 0 aliphatic rings. The van der Waals surface area contributed by atoms with E-state index in [0.29, 0.717) is 12.4 Å². The Morgan fingerprint density at radius 2 is 1.76 bits per heavy atom. The standard InChI is InChI=1S/C16H14BrN3O/c17-14-8-6-12(7-9-14)15(21)10-20-11-18-16(19-20)13-4-2-1-3-5-13/h1-9,11,15,21H,10H2. The van der Waals surface area contributed by atoms with Crippen molar-refractivity contribution >= 4 is 15.9 Å². The molecule has 1 unspecified atom stereocenters. The molecule has 0 aliphatic heterocycles. The molecule has 5 heteroatoms. The van der Waals surface area contributed by atoms with Gasteiger partial charge in [-0.25, -0.2) is 9.67 Å². The van der Waals surface area contributed by atoms with Gasteiger partial charge in [-0.1, -0.05) is 58.4 Å². The van der Waals surface area contributed by atoms with E-state index in [9.17, 15) is 5.11 Å². The molecule has 1 atom stereocenters. The first-order valence-corrected chi connectivity index (χ1v) is 7.40. The SMILES string of the molecule is OC(Cn1cnc(-c2ccccc2)n1)c1ccc(Br)cc1. The lowest BCUT2D eigenvalue weighted by Gasteiger charge is -2.10. The molecule has 106 valence electrons. The Labute approximate surface area is 131 Å². The molecule has 0 saturated carbocycles. The molecule has 0 amide bonds. The van der Waals surface area contributed by atoms with E-state index in [1.165, 1.54) is 0 Å². The summed E-state index contributed by atoms with van der Waals surface area (Å²) in [4.78, 5) is 4.28. The van der Waals surface area contributed by atoms with Crippen LogP contribution in [-0.2, 0) is 6.54 Å². The molecule has 0 saturated heterocycles. The maximum atomic E-state index is 10.2. The van der Waals surface area contributed by atoms with Crippen molar-refractivity contribution in [1.82, 2.24) is 14.8 Å². The number of rotatable bonds is 4. The molecule has 21 heavy (non-hydrogen) atoms. The Morgan fingerprint density at radius 1 is 1.05 bits per heavy atom. The number of halogens is 1. The van der Waals surface area contributed by atoms with Crippen molar-refractivity contribution in [1.29, 1.82) is 0 Å². The van der Waals surface area contributed by atoms with E-state index in [1.54, 1.807) is 11.0 Å². The van der Waals surface area contributed by atoms with E-state index >= 15 is 0 Å². The number of hydrogen-bond acceptors (Lipinski definition) is 3. The van der Waals surface area contributed by atoms with Crippen LogP contribution in [0.1, 0.15) is 11.7 Å². The normalized spacial score (nSPS) is 12.3. The highest BCUT2D eigenvalue weighted by molar-refractivity contribution is 9.10. The largest absolute Gasteiger partial charge is 0.386 e. The predicted octanol–water partition coefficient (Wildman–Crippen LogP) is 3.44. The van der Waals surface area contributed by atoms with E-state index in [1.807, 2.05) is 54.6 Å². The van der Waals surface area contributed by atoms with Crippen molar-refractivity contribution in [3.63, 3.8) is 0 Å². The van der Waals surface area contributed by atoms with E-state index in [-0.39, 0.29) is 0 Å².